The van der Waals surface area contributed by atoms with Gasteiger partial charge in [-0.05, 0) is 54.6 Å². The molecule has 1 heterocycles. The predicted octanol–water partition coefficient (Wildman–Crippen LogP) is 5.06. The van der Waals surface area contributed by atoms with Crippen LogP contribution in [0.1, 0.15) is 10.6 Å². The molecule has 2 amide bonds. The Balaban J connectivity index is 1.50. The number of anilines is 2. The van der Waals surface area contributed by atoms with Crippen molar-refractivity contribution in [2.24, 2.45) is 0 Å². The lowest BCUT2D eigenvalue weighted by Gasteiger charge is -2.07. The highest BCUT2D eigenvalue weighted by Crippen LogP contribution is 2.22. The average Bonchev–Trinajstić information content (AvgIpc) is 3.19. The van der Waals surface area contributed by atoms with Crippen LogP contribution in [0.15, 0.2) is 70.2 Å². The van der Waals surface area contributed by atoms with Gasteiger partial charge in [0.05, 0.1) is 17.0 Å². The zero-order chi connectivity index (χ0) is 19.2. The average molecular weight is 405 g/mol. The van der Waals surface area contributed by atoms with E-state index in [2.05, 4.69) is 10.6 Å². The van der Waals surface area contributed by atoms with Crippen molar-refractivity contribution in [3.8, 4) is 0 Å². The summed E-state index contributed by atoms with van der Waals surface area (Å²) in [6, 6.07) is 14.3. The lowest BCUT2D eigenvalue weighted by molar-refractivity contribution is -0.113. The van der Waals surface area contributed by atoms with E-state index in [9.17, 15) is 14.0 Å². The molecule has 0 aliphatic rings. The van der Waals surface area contributed by atoms with E-state index in [0.717, 1.165) is 4.90 Å². The maximum Gasteiger partial charge on any atom is 0.291 e. The fourth-order valence-electron chi connectivity index (χ4n) is 2.15. The molecule has 0 radical (unpaired) electrons. The minimum absolute atomic E-state index is 0.0485. The van der Waals surface area contributed by atoms with E-state index in [0.29, 0.717) is 11.4 Å². The zero-order valence-corrected chi connectivity index (χ0v) is 15.4. The SMILES string of the molecule is O=C(CSc1ccc(NC(=O)c2ccco2)cc1)Nc1ccc(F)c(Cl)c1. The molecule has 0 bridgehead atoms. The molecule has 0 saturated carbocycles. The van der Waals surface area contributed by atoms with Gasteiger partial charge in [0.15, 0.2) is 5.76 Å². The summed E-state index contributed by atoms with van der Waals surface area (Å²) in [6.45, 7) is 0. The summed E-state index contributed by atoms with van der Waals surface area (Å²) in [6.07, 6.45) is 1.43. The van der Waals surface area contributed by atoms with Crippen molar-refractivity contribution in [3.63, 3.8) is 0 Å². The number of carbonyl (C=O) groups is 2. The number of thioether (sulfide) groups is 1. The first-order chi connectivity index (χ1) is 13.0. The summed E-state index contributed by atoms with van der Waals surface area (Å²) in [4.78, 5) is 24.7. The second-order valence-corrected chi connectivity index (χ2v) is 6.88. The Bertz CT molecular complexity index is 946. The van der Waals surface area contributed by atoms with Crippen LogP contribution in [-0.2, 0) is 4.79 Å². The third-order valence-electron chi connectivity index (χ3n) is 3.43. The molecule has 2 aromatic carbocycles. The van der Waals surface area contributed by atoms with Crippen LogP contribution in [0.2, 0.25) is 5.02 Å². The molecule has 138 valence electrons. The van der Waals surface area contributed by atoms with Crippen molar-refractivity contribution in [2.45, 2.75) is 4.90 Å². The van der Waals surface area contributed by atoms with Crippen molar-refractivity contribution in [2.75, 3.05) is 16.4 Å². The molecule has 0 unspecified atom stereocenters. The van der Waals surface area contributed by atoms with E-state index >= 15 is 0 Å². The number of hydrogen-bond donors (Lipinski definition) is 2. The van der Waals surface area contributed by atoms with E-state index < -0.39 is 5.82 Å². The van der Waals surface area contributed by atoms with Crippen LogP contribution in [0, 0.1) is 5.82 Å². The Labute approximate surface area is 163 Å². The van der Waals surface area contributed by atoms with E-state index in [1.807, 2.05) is 0 Å². The van der Waals surface area contributed by atoms with Gasteiger partial charge in [-0.1, -0.05) is 11.6 Å². The van der Waals surface area contributed by atoms with Gasteiger partial charge in [0.2, 0.25) is 5.91 Å². The van der Waals surface area contributed by atoms with Crippen molar-refractivity contribution in [1.29, 1.82) is 0 Å². The van der Waals surface area contributed by atoms with E-state index in [1.165, 1.54) is 36.2 Å². The van der Waals surface area contributed by atoms with Crippen molar-refractivity contribution >= 4 is 46.6 Å². The quantitative estimate of drug-likeness (QED) is 0.563. The Morgan fingerprint density at radius 3 is 2.44 bits per heavy atom. The van der Waals surface area contributed by atoms with Gasteiger partial charge in [0.1, 0.15) is 5.82 Å². The lowest BCUT2D eigenvalue weighted by Crippen LogP contribution is -2.14. The van der Waals surface area contributed by atoms with Crippen molar-refractivity contribution < 1.29 is 18.4 Å². The Kier molecular flexibility index (Phi) is 6.16. The molecular formula is C19H14ClFN2O3S. The monoisotopic (exact) mass is 404 g/mol. The van der Waals surface area contributed by atoms with E-state index in [-0.39, 0.29) is 28.4 Å². The molecule has 0 saturated heterocycles. The molecule has 2 N–H and O–H groups in total. The molecule has 1 aromatic heterocycles. The summed E-state index contributed by atoms with van der Waals surface area (Å²) in [5, 5.41) is 5.32. The summed E-state index contributed by atoms with van der Waals surface area (Å²) in [7, 11) is 0. The summed E-state index contributed by atoms with van der Waals surface area (Å²) >= 11 is 7.02. The number of hydrogen-bond acceptors (Lipinski definition) is 4. The fourth-order valence-corrected chi connectivity index (χ4v) is 3.03. The molecule has 27 heavy (non-hydrogen) atoms. The molecular weight excluding hydrogens is 391 g/mol. The predicted molar refractivity (Wildman–Crippen MR) is 104 cm³/mol. The minimum atomic E-state index is -0.539. The second kappa shape index (κ2) is 8.75. The molecule has 5 nitrogen and oxygen atoms in total. The third kappa shape index (κ3) is 5.35. The second-order valence-electron chi connectivity index (χ2n) is 5.42. The van der Waals surface area contributed by atoms with Gasteiger partial charge >= 0.3 is 0 Å². The van der Waals surface area contributed by atoms with Gasteiger partial charge in [0.25, 0.3) is 5.91 Å². The first-order valence-electron chi connectivity index (χ1n) is 7.84. The molecule has 3 aromatic rings. The molecule has 0 spiro atoms. The fraction of sp³-hybridized carbons (Fsp3) is 0.0526. The first kappa shape index (κ1) is 19.0. The number of carbonyl (C=O) groups excluding carboxylic acids is 2. The third-order valence-corrected chi connectivity index (χ3v) is 4.73. The maximum absolute atomic E-state index is 13.1. The highest BCUT2D eigenvalue weighted by Gasteiger charge is 2.09. The van der Waals surface area contributed by atoms with Crippen LogP contribution in [0.3, 0.4) is 0 Å². The van der Waals surface area contributed by atoms with Crippen LogP contribution < -0.4 is 10.6 Å². The van der Waals surface area contributed by atoms with Crippen LogP contribution in [0.4, 0.5) is 15.8 Å². The van der Waals surface area contributed by atoms with E-state index in [1.54, 1.807) is 36.4 Å². The lowest BCUT2D eigenvalue weighted by atomic mass is 10.3. The molecule has 8 heteroatoms. The smallest absolute Gasteiger partial charge is 0.291 e. The highest BCUT2D eigenvalue weighted by molar-refractivity contribution is 8.00. The number of amides is 2. The van der Waals surface area contributed by atoms with Gasteiger partial charge in [0, 0.05) is 16.3 Å². The number of benzene rings is 2. The minimum Gasteiger partial charge on any atom is -0.459 e. The standard InChI is InChI=1S/C19H14ClFN2O3S/c20-15-10-13(5-8-16(15)21)22-18(24)11-27-14-6-3-12(4-7-14)23-19(25)17-2-1-9-26-17/h1-10H,11H2,(H,22,24)(H,23,25). The molecule has 0 fully saturated rings. The molecule has 0 aliphatic heterocycles. The number of furan rings is 1. The molecule has 0 atom stereocenters. The summed E-state index contributed by atoms with van der Waals surface area (Å²) in [5.74, 6) is -0.711. The number of rotatable bonds is 6. The van der Waals surface area contributed by atoms with Crippen LogP contribution >= 0.6 is 23.4 Å². The molecule has 3 rings (SSSR count). The van der Waals surface area contributed by atoms with Crippen LogP contribution in [0.5, 0.6) is 0 Å². The van der Waals surface area contributed by atoms with Crippen molar-refractivity contribution in [1.82, 2.24) is 0 Å². The highest BCUT2D eigenvalue weighted by atomic mass is 35.5. The first-order valence-corrected chi connectivity index (χ1v) is 9.20. The largest absolute Gasteiger partial charge is 0.459 e. The van der Waals surface area contributed by atoms with Gasteiger partial charge in [-0.3, -0.25) is 9.59 Å². The maximum atomic E-state index is 13.1. The zero-order valence-electron chi connectivity index (χ0n) is 13.9. The Morgan fingerprint density at radius 2 is 1.78 bits per heavy atom. The Hall–Kier alpha value is -2.77. The van der Waals surface area contributed by atoms with Gasteiger partial charge in [-0.25, -0.2) is 4.39 Å². The van der Waals surface area contributed by atoms with Gasteiger partial charge in [-0.2, -0.15) is 0 Å². The summed E-state index contributed by atoms with van der Waals surface area (Å²) < 4.78 is 18.1. The Morgan fingerprint density at radius 1 is 1.04 bits per heavy atom. The van der Waals surface area contributed by atoms with E-state index in [4.69, 9.17) is 16.0 Å². The number of halogens is 2. The van der Waals surface area contributed by atoms with Crippen molar-refractivity contribution in [3.05, 3.63) is 77.5 Å². The van der Waals surface area contributed by atoms with Gasteiger partial charge < -0.3 is 15.1 Å². The van der Waals surface area contributed by atoms with Crippen LogP contribution in [-0.4, -0.2) is 17.6 Å². The van der Waals surface area contributed by atoms with Crippen LogP contribution in [0.25, 0.3) is 0 Å². The summed E-state index contributed by atoms with van der Waals surface area (Å²) in [5.41, 5.74) is 1.05. The van der Waals surface area contributed by atoms with Gasteiger partial charge in [-0.15, -0.1) is 11.8 Å². The topological polar surface area (TPSA) is 71.3 Å². The normalized spacial score (nSPS) is 10.4. The number of nitrogens with one attached hydrogen (secondary N) is 2. The molecule has 0 aliphatic carbocycles.